The van der Waals surface area contributed by atoms with Crippen molar-refractivity contribution in [2.24, 2.45) is 0 Å². The van der Waals surface area contributed by atoms with Crippen molar-refractivity contribution >= 4 is 17.7 Å². The standard InChI is InChI=1S/C21H26N2O3S/c1-25-19-9-6-17(14-20(19)26-2)21(24)23-12-10-22(11-13-23)15-16-4-7-18(27-3)8-5-16/h4-9,14H,10-13,15H2,1-3H3. The topological polar surface area (TPSA) is 42.0 Å². The van der Waals surface area contributed by atoms with Gasteiger partial charge in [-0.3, -0.25) is 9.69 Å². The summed E-state index contributed by atoms with van der Waals surface area (Å²) in [6.45, 7) is 4.14. The van der Waals surface area contributed by atoms with Crippen molar-refractivity contribution in [3.05, 3.63) is 53.6 Å². The van der Waals surface area contributed by atoms with E-state index in [-0.39, 0.29) is 5.91 Å². The summed E-state index contributed by atoms with van der Waals surface area (Å²) in [6.07, 6.45) is 2.09. The molecule has 6 heteroatoms. The molecule has 1 aliphatic rings. The largest absolute Gasteiger partial charge is 0.493 e. The molecule has 144 valence electrons. The van der Waals surface area contributed by atoms with Gasteiger partial charge in [0.05, 0.1) is 14.2 Å². The predicted octanol–water partition coefficient (Wildman–Crippen LogP) is 3.38. The molecule has 1 heterocycles. The highest BCUT2D eigenvalue weighted by Gasteiger charge is 2.23. The number of nitrogens with zero attached hydrogens (tertiary/aromatic N) is 2. The molecule has 27 heavy (non-hydrogen) atoms. The summed E-state index contributed by atoms with van der Waals surface area (Å²) < 4.78 is 10.6. The Bertz CT molecular complexity index is 771. The smallest absolute Gasteiger partial charge is 0.254 e. The third-order valence-corrected chi connectivity index (χ3v) is 5.60. The van der Waals surface area contributed by atoms with E-state index in [9.17, 15) is 4.79 Å². The van der Waals surface area contributed by atoms with Crippen LogP contribution in [0.25, 0.3) is 0 Å². The summed E-state index contributed by atoms with van der Waals surface area (Å²) in [5.41, 5.74) is 1.95. The Labute approximate surface area is 165 Å². The highest BCUT2D eigenvalue weighted by Crippen LogP contribution is 2.28. The molecule has 0 aliphatic carbocycles. The number of benzene rings is 2. The van der Waals surface area contributed by atoms with Gasteiger partial charge in [0.15, 0.2) is 11.5 Å². The van der Waals surface area contributed by atoms with E-state index in [0.29, 0.717) is 17.1 Å². The fourth-order valence-corrected chi connectivity index (χ4v) is 3.66. The zero-order chi connectivity index (χ0) is 19.2. The van der Waals surface area contributed by atoms with Crippen LogP contribution >= 0.6 is 11.8 Å². The van der Waals surface area contributed by atoms with Gasteiger partial charge in [-0.2, -0.15) is 0 Å². The van der Waals surface area contributed by atoms with Crippen LogP contribution in [0.4, 0.5) is 0 Å². The first kappa shape index (κ1) is 19.6. The van der Waals surface area contributed by atoms with E-state index >= 15 is 0 Å². The lowest BCUT2D eigenvalue weighted by molar-refractivity contribution is 0.0628. The van der Waals surface area contributed by atoms with Gasteiger partial charge in [0, 0.05) is 43.2 Å². The van der Waals surface area contributed by atoms with Gasteiger partial charge in [0.25, 0.3) is 5.91 Å². The second-order valence-electron chi connectivity index (χ2n) is 6.49. The Balaban J connectivity index is 1.57. The quantitative estimate of drug-likeness (QED) is 0.712. The van der Waals surface area contributed by atoms with E-state index in [2.05, 4.69) is 35.4 Å². The van der Waals surface area contributed by atoms with Crippen LogP contribution in [0, 0.1) is 0 Å². The number of amides is 1. The fraction of sp³-hybridized carbons (Fsp3) is 0.381. The lowest BCUT2D eigenvalue weighted by Gasteiger charge is -2.35. The van der Waals surface area contributed by atoms with E-state index in [1.165, 1.54) is 10.5 Å². The van der Waals surface area contributed by atoms with Gasteiger partial charge in [-0.25, -0.2) is 0 Å². The van der Waals surface area contributed by atoms with Crippen LogP contribution in [-0.4, -0.2) is 62.4 Å². The molecule has 1 aliphatic heterocycles. The Morgan fingerprint density at radius 3 is 2.22 bits per heavy atom. The number of carbonyl (C=O) groups is 1. The minimum absolute atomic E-state index is 0.0416. The summed E-state index contributed by atoms with van der Waals surface area (Å²) in [5.74, 6) is 1.25. The fourth-order valence-electron chi connectivity index (χ4n) is 3.25. The van der Waals surface area contributed by atoms with Gasteiger partial charge >= 0.3 is 0 Å². The van der Waals surface area contributed by atoms with Crippen molar-refractivity contribution < 1.29 is 14.3 Å². The maximum atomic E-state index is 12.8. The van der Waals surface area contributed by atoms with Crippen molar-refractivity contribution in [1.29, 1.82) is 0 Å². The van der Waals surface area contributed by atoms with E-state index < -0.39 is 0 Å². The molecule has 0 saturated carbocycles. The molecule has 1 fully saturated rings. The molecule has 0 bridgehead atoms. The summed E-state index contributed by atoms with van der Waals surface area (Å²) in [4.78, 5) is 18.4. The lowest BCUT2D eigenvalue weighted by atomic mass is 10.1. The van der Waals surface area contributed by atoms with E-state index in [0.717, 1.165) is 32.7 Å². The molecule has 2 aromatic rings. The summed E-state index contributed by atoms with van der Waals surface area (Å²) in [6, 6.07) is 14.0. The monoisotopic (exact) mass is 386 g/mol. The van der Waals surface area contributed by atoms with Crippen LogP contribution in [0.2, 0.25) is 0 Å². The minimum Gasteiger partial charge on any atom is -0.493 e. The van der Waals surface area contributed by atoms with Gasteiger partial charge < -0.3 is 14.4 Å². The molecule has 0 atom stereocenters. The normalized spacial score (nSPS) is 14.9. The first-order chi connectivity index (χ1) is 13.1. The summed E-state index contributed by atoms with van der Waals surface area (Å²) in [7, 11) is 3.17. The third kappa shape index (κ3) is 4.76. The molecular formula is C21H26N2O3S. The summed E-state index contributed by atoms with van der Waals surface area (Å²) in [5, 5.41) is 0. The number of rotatable bonds is 6. The van der Waals surface area contributed by atoms with Gasteiger partial charge in [-0.05, 0) is 42.2 Å². The predicted molar refractivity (Wildman–Crippen MR) is 109 cm³/mol. The Hall–Kier alpha value is -2.18. The van der Waals surface area contributed by atoms with Crippen molar-refractivity contribution in [2.75, 3.05) is 46.7 Å². The van der Waals surface area contributed by atoms with Crippen LogP contribution in [-0.2, 0) is 6.54 Å². The average Bonchev–Trinajstić information content (AvgIpc) is 2.73. The second kappa shape index (κ2) is 9.15. The highest BCUT2D eigenvalue weighted by atomic mass is 32.2. The van der Waals surface area contributed by atoms with E-state index in [1.807, 2.05) is 4.90 Å². The van der Waals surface area contributed by atoms with Gasteiger partial charge in [-0.1, -0.05) is 12.1 Å². The second-order valence-corrected chi connectivity index (χ2v) is 7.37. The molecule has 1 saturated heterocycles. The number of hydrogen-bond donors (Lipinski definition) is 0. The van der Waals surface area contributed by atoms with Gasteiger partial charge in [0.2, 0.25) is 0 Å². The number of methoxy groups -OCH3 is 2. The average molecular weight is 387 g/mol. The van der Waals surface area contributed by atoms with Crippen molar-refractivity contribution in [3.8, 4) is 11.5 Å². The SMILES string of the molecule is COc1ccc(C(=O)N2CCN(Cc3ccc(SC)cc3)CC2)cc1OC. The molecule has 1 amide bonds. The van der Waals surface area contributed by atoms with Crippen molar-refractivity contribution in [3.63, 3.8) is 0 Å². The molecule has 3 rings (SSSR count). The molecule has 0 unspecified atom stereocenters. The zero-order valence-electron chi connectivity index (χ0n) is 16.1. The number of thioether (sulfide) groups is 1. The number of piperazine rings is 1. The van der Waals surface area contributed by atoms with E-state index in [4.69, 9.17) is 9.47 Å². The number of hydrogen-bond acceptors (Lipinski definition) is 5. The van der Waals surface area contributed by atoms with Crippen LogP contribution in [0.5, 0.6) is 11.5 Å². The lowest BCUT2D eigenvalue weighted by Crippen LogP contribution is -2.48. The summed E-state index contributed by atoms with van der Waals surface area (Å²) >= 11 is 1.76. The van der Waals surface area contributed by atoms with Crippen LogP contribution in [0.15, 0.2) is 47.4 Å². The molecule has 5 nitrogen and oxygen atoms in total. The zero-order valence-corrected chi connectivity index (χ0v) is 16.9. The Kier molecular flexibility index (Phi) is 6.63. The Morgan fingerprint density at radius 2 is 1.63 bits per heavy atom. The van der Waals surface area contributed by atoms with Crippen molar-refractivity contribution in [1.82, 2.24) is 9.80 Å². The van der Waals surface area contributed by atoms with Gasteiger partial charge in [-0.15, -0.1) is 11.8 Å². The number of ether oxygens (including phenoxy) is 2. The molecule has 0 radical (unpaired) electrons. The van der Waals surface area contributed by atoms with Gasteiger partial charge in [0.1, 0.15) is 0 Å². The van der Waals surface area contributed by atoms with Crippen LogP contribution < -0.4 is 9.47 Å². The minimum atomic E-state index is 0.0416. The third-order valence-electron chi connectivity index (χ3n) is 4.86. The van der Waals surface area contributed by atoms with Crippen LogP contribution in [0.3, 0.4) is 0 Å². The molecule has 0 spiro atoms. The molecule has 0 N–H and O–H groups in total. The van der Waals surface area contributed by atoms with E-state index in [1.54, 1.807) is 44.2 Å². The highest BCUT2D eigenvalue weighted by molar-refractivity contribution is 7.98. The van der Waals surface area contributed by atoms with Crippen molar-refractivity contribution in [2.45, 2.75) is 11.4 Å². The molecule has 0 aromatic heterocycles. The number of carbonyl (C=O) groups excluding carboxylic acids is 1. The maximum Gasteiger partial charge on any atom is 0.254 e. The van der Waals surface area contributed by atoms with Crippen LogP contribution in [0.1, 0.15) is 15.9 Å². The Morgan fingerprint density at radius 1 is 0.963 bits per heavy atom. The molecule has 2 aromatic carbocycles. The maximum absolute atomic E-state index is 12.8. The molecular weight excluding hydrogens is 360 g/mol. The first-order valence-corrected chi connectivity index (χ1v) is 10.2. The first-order valence-electron chi connectivity index (χ1n) is 9.01.